The molecule has 1 aliphatic rings. The van der Waals surface area contributed by atoms with Crippen molar-refractivity contribution in [2.75, 3.05) is 19.6 Å². The number of carbonyl (C=O) groups is 2. The predicted molar refractivity (Wildman–Crippen MR) is 105 cm³/mol. The molecule has 33 heavy (non-hydrogen) atoms. The van der Waals surface area contributed by atoms with E-state index in [-0.39, 0.29) is 51.2 Å². The predicted octanol–water partition coefficient (Wildman–Crippen LogP) is 4.20. The van der Waals surface area contributed by atoms with E-state index >= 15 is 0 Å². The Labute approximate surface area is 185 Å². The van der Waals surface area contributed by atoms with Crippen molar-refractivity contribution in [2.24, 2.45) is 5.92 Å². The molecule has 6 nitrogen and oxygen atoms in total. The van der Waals surface area contributed by atoms with Crippen molar-refractivity contribution in [2.45, 2.75) is 38.0 Å². The van der Waals surface area contributed by atoms with Crippen LogP contribution in [0.5, 0.6) is 0 Å². The van der Waals surface area contributed by atoms with Crippen LogP contribution in [0.15, 0.2) is 36.5 Å². The van der Waals surface area contributed by atoms with Crippen molar-refractivity contribution >= 4 is 11.8 Å². The van der Waals surface area contributed by atoms with Crippen LogP contribution in [-0.2, 0) is 11.0 Å². The number of hydrogen-bond donors (Lipinski definition) is 1. The van der Waals surface area contributed by atoms with Crippen LogP contribution >= 0.6 is 0 Å². The molecule has 0 bridgehead atoms. The van der Waals surface area contributed by atoms with Crippen molar-refractivity contribution in [3.8, 4) is 5.69 Å². The fraction of sp³-hybridized carbons (Fsp3) is 0.476. The lowest BCUT2D eigenvalue weighted by atomic mass is 9.96. The van der Waals surface area contributed by atoms with E-state index in [1.165, 1.54) is 17.0 Å². The van der Waals surface area contributed by atoms with Crippen LogP contribution in [0.4, 0.5) is 26.3 Å². The summed E-state index contributed by atoms with van der Waals surface area (Å²) in [6.07, 6.45) is -8.34. The number of alkyl halides is 6. The third kappa shape index (κ3) is 6.26. The summed E-state index contributed by atoms with van der Waals surface area (Å²) in [5, 5.41) is 5.85. The van der Waals surface area contributed by atoms with Crippen LogP contribution in [-0.4, -0.2) is 52.3 Å². The van der Waals surface area contributed by atoms with Gasteiger partial charge in [0.2, 0.25) is 5.91 Å². The summed E-state index contributed by atoms with van der Waals surface area (Å²) >= 11 is 0. The average Bonchev–Trinajstić information content (AvgIpc) is 3.23. The first-order chi connectivity index (χ1) is 15.5. The molecule has 0 radical (unpaired) electrons. The van der Waals surface area contributed by atoms with Crippen LogP contribution in [0.3, 0.4) is 0 Å². The molecule has 0 aliphatic carbocycles. The van der Waals surface area contributed by atoms with Crippen molar-refractivity contribution in [1.29, 1.82) is 0 Å². The number of carbonyl (C=O) groups excluding carboxylic acids is 2. The highest BCUT2D eigenvalue weighted by molar-refractivity contribution is 5.95. The molecular formula is C21H22F6N4O2. The van der Waals surface area contributed by atoms with Crippen molar-refractivity contribution in [3.05, 3.63) is 47.8 Å². The van der Waals surface area contributed by atoms with Gasteiger partial charge >= 0.3 is 12.4 Å². The normalized spacial score (nSPS) is 15.5. The Balaban J connectivity index is 1.53. The number of para-hydroxylation sites is 1. The van der Waals surface area contributed by atoms with Crippen LogP contribution in [0, 0.1) is 5.92 Å². The average molecular weight is 476 g/mol. The molecule has 1 saturated heterocycles. The number of nitrogens with one attached hydrogen (secondary N) is 1. The van der Waals surface area contributed by atoms with Gasteiger partial charge in [-0.3, -0.25) is 9.59 Å². The lowest BCUT2D eigenvalue weighted by Gasteiger charge is -2.33. The number of piperidine rings is 1. The first-order valence-corrected chi connectivity index (χ1v) is 10.3. The summed E-state index contributed by atoms with van der Waals surface area (Å²) in [6, 6.07) is 8.00. The van der Waals surface area contributed by atoms with Gasteiger partial charge < -0.3 is 10.2 Å². The third-order valence-electron chi connectivity index (χ3n) is 5.41. The summed E-state index contributed by atoms with van der Waals surface area (Å²) in [5.41, 5.74) is -1.62. The van der Waals surface area contributed by atoms with Crippen molar-refractivity contribution in [1.82, 2.24) is 20.0 Å². The molecule has 1 aliphatic heterocycles. The Morgan fingerprint density at radius 3 is 2.24 bits per heavy atom. The van der Waals surface area contributed by atoms with Crippen LogP contribution in [0.25, 0.3) is 5.69 Å². The zero-order chi connectivity index (χ0) is 24.2. The first kappa shape index (κ1) is 24.6. The maximum absolute atomic E-state index is 13.4. The molecule has 0 atom stereocenters. The quantitative estimate of drug-likeness (QED) is 0.502. The van der Waals surface area contributed by atoms with E-state index in [1.807, 2.05) is 0 Å². The second kappa shape index (κ2) is 9.84. The summed E-state index contributed by atoms with van der Waals surface area (Å²) in [4.78, 5) is 25.9. The van der Waals surface area contributed by atoms with E-state index in [0.717, 1.165) is 10.9 Å². The van der Waals surface area contributed by atoms with Gasteiger partial charge in [-0.1, -0.05) is 18.2 Å². The highest BCUT2D eigenvalue weighted by atomic mass is 19.4. The molecule has 180 valence electrons. The van der Waals surface area contributed by atoms with Crippen molar-refractivity contribution < 1.29 is 35.9 Å². The van der Waals surface area contributed by atoms with E-state index in [4.69, 9.17) is 0 Å². The van der Waals surface area contributed by atoms with Gasteiger partial charge in [-0.25, -0.2) is 4.68 Å². The Morgan fingerprint density at radius 1 is 1.03 bits per heavy atom. The minimum Gasteiger partial charge on any atom is -0.352 e. The smallest absolute Gasteiger partial charge is 0.352 e. The van der Waals surface area contributed by atoms with Gasteiger partial charge in [0.05, 0.1) is 17.2 Å². The molecule has 1 N–H and O–H groups in total. The molecule has 1 aromatic carbocycles. The summed E-state index contributed by atoms with van der Waals surface area (Å²) in [7, 11) is 0. The monoisotopic (exact) mass is 476 g/mol. The minimum atomic E-state index is -4.84. The van der Waals surface area contributed by atoms with Crippen LogP contribution in [0.1, 0.15) is 41.7 Å². The van der Waals surface area contributed by atoms with Gasteiger partial charge in [0.15, 0.2) is 5.69 Å². The highest BCUT2D eigenvalue weighted by Crippen LogP contribution is 2.34. The van der Waals surface area contributed by atoms with E-state index in [0.29, 0.717) is 5.69 Å². The Hall–Kier alpha value is -3.05. The number of benzene rings is 1. The third-order valence-corrected chi connectivity index (χ3v) is 5.41. The van der Waals surface area contributed by atoms with Gasteiger partial charge in [-0.2, -0.15) is 31.4 Å². The Morgan fingerprint density at radius 2 is 1.67 bits per heavy atom. The molecular weight excluding hydrogens is 454 g/mol. The van der Waals surface area contributed by atoms with Gasteiger partial charge in [0.1, 0.15) is 0 Å². The molecule has 3 rings (SSSR count). The standard InChI is InChI=1S/C21H22F6N4O2/c22-20(23,24)14-8-11-30(12-9-14)17(32)7-4-10-28-19(33)16-13-31(15-5-2-1-3-6-15)29-18(16)21(25,26)27/h1-3,5-6,13-14H,4,7-12H2,(H,28,33). The molecule has 2 amide bonds. The number of amides is 2. The fourth-order valence-electron chi connectivity index (χ4n) is 3.61. The molecule has 0 saturated carbocycles. The van der Waals surface area contributed by atoms with E-state index in [2.05, 4.69) is 10.4 Å². The maximum Gasteiger partial charge on any atom is 0.435 e. The van der Waals surface area contributed by atoms with Gasteiger partial charge in [0.25, 0.3) is 5.91 Å². The van der Waals surface area contributed by atoms with E-state index < -0.39 is 35.4 Å². The molecule has 1 fully saturated rings. The van der Waals surface area contributed by atoms with E-state index in [9.17, 15) is 35.9 Å². The number of halogens is 6. The van der Waals surface area contributed by atoms with Gasteiger partial charge in [-0.15, -0.1) is 0 Å². The minimum absolute atomic E-state index is 0.00296. The first-order valence-electron chi connectivity index (χ1n) is 10.3. The number of nitrogens with zero attached hydrogens (tertiary/aromatic N) is 3. The van der Waals surface area contributed by atoms with Crippen molar-refractivity contribution in [3.63, 3.8) is 0 Å². The summed E-state index contributed by atoms with van der Waals surface area (Å²) in [6.45, 7) is -0.0661. The van der Waals surface area contributed by atoms with Crippen LogP contribution < -0.4 is 5.32 Å². The van der Waals surface area contributed by atoms with Gasteiger partial charge in [0, 0.05) is 32.3 Å². The second-order valence-electron chi connectivity index (χ2n) is 7.73. The Bertz CT molecular complexity index is 963. The molecule has 2 aromatic rings. The number of aromatic nitrogens is 2. The zero-order valence-electron chi connectivity index (χ0n) is 17.4. The lowest BCUT2D eigenvalue weighted by Crippen LogP contribution is -2.42. The molecule has 0 unspecified atom stereocenters. The van der Waals surface area contributed by atoms with E-state index in [1.54, 1.807) is 18.2 Å². The number of likely N-dealkylation sites (tertiary alicyclic amines) is 1. The summed E-state index contributed by atoms with van der Waals surface area (Å²) in [5.74, 6) is -2.75. The van der Waals surface area contributed by atoms with Gasteiger partial charge in [-0.05, 0) is 31.4 Å². The molecule has 1 aromatic heterocycles. The lowest BCUT2D eigenvalue weighted by molar-refractivity contribution is -0.186. The Kier molecular flexibility index (Phi) is 7.33. The topological polar surface area (TPSA) is 67.2 Å². The maximum atomic E-state index is 13.4. The molecule has 2 heterocycles. The highest BCUT2D eigenvalue weighted by Gasteiger charge is 2.42. The SMILES string of the molecule is O=C(NCCCC(=O)N1CCC(C(F)(F)F)CC1)c1cn(-c2ccccc2)nc1C(F)(F)F. The summed E-state index contributed by atoms with van der Waals surface area (Å²) < 4.78 is 79.2. The van der Waals surface area contributed by atoms with Crippen LogP contribution in [0.2, 0.25) is 0 Å². The largest absolute Gasteiger partial charge is 0.435 e. The number of rotatable bonds is 6. The molecule has 12 heteroatoms. The second-order valence-corrected chi connectivity index (χ2v) is 7.73. The zero-order valence-corrected chi connectivity index (χ0v) is 17.4. The number of hydrogen-bond acceptors (Lipinski definition) is 3. The molecule has 0 spiro atoms. The fourth-order valence-corrected chi connectivity index (χ4v) is 3.61.